The van der Waals surface area contributed by atoms with Gasteiger partial charge in [-0.15, -0.1) is 0 Å². The van der Waals surface area contributed by atoms with Gasteiger partial charge in [0.1, 0.15) is 10.6 Å². The van der Waals surface area contributed by atoms with E-state index < -0.39 is 16.0 Å². The van der Waals surface area contributed by atoms with Crippen LogP contribution in [-0.2, 0) is 10.1 Å². The highest BCUT2D eigenvalue weighted by molar-refractivity contribution is 14.1. The number of carbonyl (C=O) groups is 1. The molecule has 1 amide bonds. The van der Waals surface area contributed by atoms with Crippen molar-refractivity contribution < 1.29 is 26.9 Å². The number of carbonyl (C=O) groups excluding carboxylic acids is 1. The molecule has 178 valence electrons. The van der Waals surface area contributed by atoms with E-state index in [0.29, 0.717) is 20.4 Å². The van der Waals surface area contributed by atoms with Gasteiger partial charge in [-0.3, -0.25) is 4.79 Å². The minimum absolute atomic E-state index is 0.0320. The molecule has 0 heterocycles. The Labute approximate surface area is 219 Å². The Hall–Kier alpha value is -2.64. The number of rotatable bonds is 9. The number of nitrogens with one attached hydrogen (secondary N) is 1. The van der Waals surface area contributed by atoms with Crippen molar-refractivity contribution in [3.8, 4) is 17.2 Å². The van der Waals surface area contributed by atoms with Gasteiger partial charge in [-0.1, -0.05) is 34.1 Å². The summed E-state index contributed by atoms with van der Waals surface area (Å²) in [5.74, 6) is 0.259. The summed E-state index contributed by atoms with van der Waals surface area (Å²) in [6.07, 6.45) is 1.42. The molecule has 34 heavy (non-hydrogen) atoms. The molecule has 0 fully saturated rings. The third kappa shape index (κ3) is 6.48. The third-order valence-corrected chi connectivity index (χ3v) is 6.87. The lowest BCUT2D eigenvalue weighted by Gasteiger charge is -2.14. The maximum Gasteiger partial charge on any atom is 0.339 e. The van der Waals surface area contributed by atoms with E-state index in [2.05, 4.69) is 26.5 Å². The zero-order chi connectivity index (χ0) is 24.7. The van der Waals surface area contributed by atoms with Crippen molar-refractivity contribution in [1.29, 1.82) is 0 Å². The Morgan fingerprint density at radius 3 is 2.53 bits per heavy atom. The smallest absolute Gasteiger partial charge is 0.339 e. The number of ether oxygens (including phenoxy) is 2. The number of hydrogen-bond donors (Lipinski definition) is 1. The number of benzene rings is 3. The number of hydrogen-bond acceptors (Lipinski definition) is 7. The number of methoxy groups -OCH3 is 1. The molecule has 8 nitrogen and oxygen atoms in total. The second-order valence-corrected chi connectivity index (χ2v) is 10.3. The summed E-state index contributed by atoms with van der Waals surface area (Å²) in [7, 11) is -2.58. The zero-order valence-corrected chi connectivity index (χ0v) is 22.7. The van der Waals surface area contributed by atoms with E-state index in [4.69, 9.17) is 13.7 Å². The fourth-order valence-corrected chi connectivity index (χ4v) is 5.06. The summed E-state index contributed by atoms with van der Waals surface area (Å²) in [6.45, 7) is 2.06. The molecular formula is C23H20BrIN2O6S. The van der Waals surface area contributed by atoms with Crippen LogP contribution in [-0.4, -0.2) is 34.3 Å². The maximum atomic E-state index is 12.7. The molecule has 0 aliphatic heterocycles. The average molecular weight is 659 g/mol. The predicted molar refractivity (Wildman–Crippen MR) is 140 cm³/mol. The Morgan fingerprint density at radius 2 is 1.85 bits per heavy atom. The molecule has 0 aliphatic carbocycles. The van der Waals surface area contributed by atoms with Crippen LogP contribution in [0.1, 0.15) is 22.8 Å². The van der Waals surface area contributed by atoms with E-state index in [1.54, 1.807) is 55.5 Å². The highest BCUT2D eigenvalue weighted by Crippen LogP contribution is 2.36. The Bertz CT molecular complexity index is 1320. The molecule has 0 aromatic heterocycles. The first-order chi connectivity index (χ1) is 16.2. The molecule has 3 rings (SSSR count). The summed E-state index contributed by atoms with van der Waals surface area (Å²) in [5.41, 5.74) is 3.34. The van der Waals surface area contributed by atoms with Gasteiger partial charge in [-0.05, 0) is 77.5 Å². The average Bonchev–Trinajstić information content (AvgIpc) is 2.82. The number of hydrazone groups is 1. The van der Waals surface area contributed by atoms with Gasteiger partial charge in [-0.25, -0.2) is 5.43 Å². The lowest BCUT2D eigenvalue weighted by molar-refractivity contribution is 0.0952. The second kappa shape index (κ2) is 11.7. The number of halogens is 2. The summed E-state index contributed by atoms with van der Waals surface area (Å²) >= 11 is 5.29. The zero-order valence-electron chi connectivity index (χ0n) is 18.1. The highest BCUT2D eigenvalue weighted by atomic mass is 127. The molecule has 0 aliphatic rings. The van der Waals surface area contributed by atoms with Gasteiger partial charge in [0.25, 0.3) is 5.91 Å². The fourth-order valence-electron chi connectivity index (χ4n) is 2.83. The summed E-state index contributed by atoms with van der Waals surface area (Å²) in [5, 5.41) is 4.00. The summed E-state index contributed by atoms with van der Waals surface area (Å²) in [6, 6.07) is 16.1. The van der Waals surface area contributed by atoms with Crippen molar-refractivity contribution >= 4 is 60.8 Å². The molecule has 1 N–H and O–H groups in total. The number of amides is 1. The van der Waals surface area contributed by atoms with Crippen LogP contribution >= 0.6 is 38.5 Å². The molecule has 0 atom stereocenters. The third-order valence-electron chi connectivity index (χ3n) is 4.34. The topological polar surface area (TPSA) is 103 Å². The van der Waals surface area contributed by atoms with Crippen molar-refractivity contribution in [2.75, 3.05) is 13.7 Å². The lowest BCUT2D eigenvalue weighted by Crippen LogP contribution is -2.18. The molecule has 0 saturated carbocycles. The monoisotopic (exact) mass is 658 g/mol. The Morgan fingerprint density at radius 1 is 1.12 bits per heavy atom. The maximum absolute atomic E-state index is 12.7. The van der Waals surface area contributed by atoms with E-state index in [1.165, 1.54) is 25.5 Å². The lowest BCUT2D eigenvalue weighted by atomic mass is 10.2. The van der Waals surface area contributed by atoms with Crippen molar-refractivity contribution in [3.05, 3.63) is 79.8 Å². The normalized spacial score (nSPS) is 11.3. The molecule has 3 aromatic carbocycles. The van der Waals surface area contributed by atoms with Gasteiger partial charge in [0, 0.05) is 4.47 Å². The van der Waals surface area contributed by atoms with Crippen LogP contribution in [0.15, 0.2) is 75.1 Å². The van der Waals surface area contributed by atoms with E-state index >= 15 is 0 Å². The molecule has 0 radical (unpaired) electrons. The standard InChI is InChI=1S/C23H20BrIN2O6S/c1-3-32-21-12-15(14-26-27-23(28)18-13-16(24)9-10-20(18)31-2)11-19(25)22(21)33-34(29,30)17-7-5-4-6-8-17/h4-14H,3H2,1-2H3,(H,27,28)/b26-14-. The van der Waals surface area contributed by atoms with E-state index in [-0.39, 0.29) is 23.0 Å². The minimum atomic E-state index is -4.05. The first kappa shape index (κ1) is 26.0. The van der Waals surface area contributed by atoms with Crippen LogP contribution in [0.2, 0.25) is 0 Å². The van der Waals surface area contributed by atoms with E-state index in [9.17, 15) is 13.2 Å². The van der Waals surface area contributed by atoms with Gasteiger partial charge in [-0.2, -0.15) is 13.5 Å². The van der Waals surface area contributed by atoms with E-state index in [1.807, 2.05) is 22.6 Å². The van der Waals surface area contributed by atoms with Crippen molar-refractivity contribution in [1.82, 2.24) is 5.43 Å². The van der Waals surface area contributed by atoms with Gasteiger partial charge in [0.2, 0.25) is 0 Å². The van der Waals surface area contributed by atoms with E-state index in [0.717, 1.165) is 4.47 Å². The van der Waals surface area contributed by atoms with Gasteiger partial charge in [0.05, 0.1) is 29.1 Å². The van der Waals surface area contributed by atoms with Crippen LogP contribution in [0.5, 0.6) is 17.2 Å². The first-order valence-electron chi connectivity index (χ1n) is 9.88. The molecule has 0 saturated heterocycles. The molecule has 11 heteroatoms. The Kier molecular flexibility index (Phi) is 8.91. The minimum Gasteiger partial charge on any atom is -0.496 e. The van der Waals surface area contributed by atoms with Crippen LogP contribution in [0, 0.1) is 3.57 Å². The predicted octanol–water partition coefficient (Wildman–Crippen LogP) is 4.99. The van der Waals surface area contributed by atoms with Crippen LogP contribution in [0.4, 0.5) is 0 Å². The molecule has 3 aromatic rings. The molecule has 0 unspecified atom stereocenters. The van der Waals surface area contributed by atoms with Gasteiger partial charge >= 0.3 is 10.1 Å². The van der Waals surface area contributed by atoms with Crippen LogP contribution < -0.4 is 19.1 Å². The van der Waals surface area contributed by atoms with Crippen LogP contribution in [0.3, 0.4) is 0 Å². The fraction of sp³-hybridized carbons (Fsp3) is 0.130. The second-order valence-electron chi connectivity index (χ2n) is 6.66. The van der Waals surface area contributed by atoms with Crippen LogP contribution in [0.25, 0.3) is 0 Å². The van der Waals surface area contributed by atoms with Crippen molar-refractivity contribution in [2.24, 2.45) is 5.10 Å². The summed E-state index contributed by atoms with van der Waals surface area (Å²) in [4.78, 5) is 12.5. The van der Waals surface area contributed by atoms with Crippen molar-refractivity contribution in [2.45, 2.75) is 11.8 Å². The first-order valence-corrected chi connectivity index (χ1v) is 13.2. The Balaban J connectivity index is 1.83. The summed E-state index contributed by atoms with van der Waals surface area (Å²) < 4.78 is 42.8. The SMILES string of the molecule is CCOc1cc(/C=N\NC(=O)c2cc(Br)ccc2OC)cc(I)c1OS(=O)(=O)c1ccccc1. The number of nitrogens with zero attached hydrogens (tertiary/aromatic N) is 1. The van der Waals surface area contributed by atoms with Crippen molar-refractivity contribution in [3.63, 3.8) is 0 Å². The van der Waals surface area contributed by atoms with Gasteiger partial charge in [0.15, 0.2) is 11.5 Å². The quantitative estimate of drug-likeness (QED) is 0.150. The molecule has 0 bridgehead atoms. The van der Waals surface area contributed by atoms with Gasteiger partial charge < -0.3 is 13.7 Å². The highest BCUT2D eigenvalue weighted by Gasteiger charge is 2.22. The largest absolute Gasteiger partial charge is 0.496 e. The molecule has 0 spiro atoms. The molecular weight excluding hydrogens is 639 g/mol.